The van der Waals surface area contributed by atoms with Crippen molar-refractivity contribution in [2.24, 2.45) is 0 Å². The quantitative estimate of drug-likeness (QED) is 0.157. The molecule has 0 saturated carbocycles. The fourth-order valence-electron chi connectivity index (χ4n) is 9.69. The van der Waals surface area contributed by atoms with Gasteiger partial charge in [-0.3, -0.25) is 4.98 Å². The minimum absolute atomic E-state index is 0.357. The van der Waals surface area contributed by atoms with Gasteiger partial charge in [-0.2, -0.15) is 13.2 Å². The number of fused-ring (bicyclic) bond motifs is 6. The fourth-order valence-corrected chi connectivity index (χ4v) is 9.69. The van der Waals surface area contributed by atoms with Crippen LogP contribution in [0.3, 0.4) is 0 Å². The molecule has 0 unspecified atom stereocenters. The topological polar surface area (TPSA) is 22.8 Å². The van der Waals surface area contributed by atoms with Crippen LogP contribution in [0.25, 0.3) is 111 Å². The van der Waals surface area contributed by atoms with Gasteiger partial charge in [0.05, 0.1) is 44.7 Å². The molecule has 0 bridgehead atoms. The smallest absolute Gasteiger partial charge is 0.309 e. The van der Waals surface area contributed by atoms with Crippen molar-refractivity contribution in [2.45, 2.75) is 6.18 Å². The maximum atomic E-state index is 15.0. The van der Waals surface area contributed by atoms with E-state index in [-0.39, 0.29) is 0 Å². The number of aromatic nitrogens is 3. The highest BCUT2D eigenvalue weighted by Gasteiger charge is 2.32. The van der Waals surface area contributed by atoms with E-state index in [0.717, 1.165) is 88.1 Å². The molecule has 0 radical (unpaired) electrons. The lowest BCUT2D eigenvalue weighted by Gasteiger charge is -2.19. The number of rotatable bonds is 7. The minimum Gasteiger partial charge on any atom is -0.309 e. The summed E-state index contributed by atoms with van der Waals surface area (Å²) in [6.45, 7) is 0. The lowest BCUT2D eigenvalue weighted by atomic mass is 10.0. The molecule has 6 heteroatoms. The lowest BCUT2D eigenvalue weighted by molar-refractivity contribution is -0.137. The Morgan fingerprint density at radius 2 is 0.682 bits per heavy atom. The summed E-state index contributed by atoms with van der Waals surface area (Å²) in [6.07, 6.45) is -2.94. The van der Waals surface area contributed by atoms with Crippen LogP contribution in [0.5, 0.6) is 0 Å². The van der Waals surface area contributed by atoms with Crippen LogP contribution in [0, 0.1) is 0 Å². The largest absolute Gasteiger partial charge is 0.416 e. The van der Waals surface area contributed by atoms with Gasteiger partial charge in [0.25, 0.3) is 0 Å². The van der Waals surface area contributed by atoms with E-state index in [1.807, 2.05) is 84.9 Å². The monoisotopic (exact) mass is 857 g/mol. The van der Waals surface area contributed by atoms with Crippen LogP contribution < -0.4 is 0 Å². The highest BCUT2D eigenvalue weighted by Crippen LogP contribution is 2.44. The number of pyridine rings is 1. The Kier molecular flexibility index (Phi) is 9.28. The molecule has 3 nitrogen and oxygen atoms in total. The molecular weight excluding hydrogens is 820 g/mol. The van der Waals surface area contributed by atoms with Crippen molar-refractivity contribution < 1.29 is 13.2 Å². The first-order chi connectivity index (χ1) is 32.4. The van der Waals surface area contributed by atoms with Gasteiger partial charge in [-0.1, -0.05) is 146 Å². The highest BCUT2D eigenvalue weighted by molar-refractivity contribution is 6.14. The predicted octanol–water partition coefficient (Wildman–Crippen LogP) is 16.6. The standard InChI is InChI=1S/C60H38F3N3/c61-60(62,63)47-27-32-57(65-53-28-23-43(39-14-5-1-6-15-39)34-48(53)49-35-44(24-29-54(49)65)40-16-7-2-8-17-40)52(38-47)59-58(22-13-33-64-59)66-55-30-25-45(41-18-9-3-10-19-41)36-50(55)51-37-46(26-31-56(51)66)42-20-11-4-12-21-42/h1-38H. The molecule has 0 aliphatic rings. The zero-order valence-corrected chi connectivity index (χ0v) is 35.4. The van der Waals surface area contributed by atoms with E-state index in [1.54, 1.807) is 12.3 Å². The van der Waals surface area contributed by atoms with Gasteiger partial charge >= 0.3 is 6.18 Å². The summed E-state index contributed by atoms with van der Waals surface area (Å²) in [5.74, 6) is 0. The number of benzene rings is 9. The Morgan fingerprint density at radius 3 is 1.05 bits per heavy atom. The summed E-state index contributed by atoms with van der Waals surface area (Å²) in [5, 5.41) is 4.02. The molecule has 0 amide bonds. The average Bonchev–Trinajstić information content (AvgIpc) is 3.88. The zero-order valence-electron chi connectivity index (χ0n) is 35.4. The normalized spacial score (nSPS) is 11.9. The summed E-state index contributed by atoms with van der Waals surface area (Å²) in [7, 11) is 0. The molecule has 0 saturated heterocycles. The molecule has 66 heavy (non-hydrogen) atoms. The maximum absolute atomic E-state index is 15.0. The number of alkyl halides is 3. The van der Waals surface area contributed by atoms with Crippen molar-refractivity contribution in [3.05, 3.63) is 236 Å². The van der Waals surface area contributed by atoms with Crippen LogP contribution in [0.15, 0.2) is 231 Å². The number of halogens is 3. The van der Waals surface area contributed by atoms with Crippen molar-refractivity contribution >= 4 is 43.6 Å². The second kappa shape index (κ2) is 15.6. The first-order valence-electron chi connectivity index (χ1n) is 21.9. The summed E-state index contributed by atoms with van der Waals surface area (Å²) >= 11 is 0. The van der Waals surface area contributed by atoms with E-state index in [9.17, 15) is 13.2 Å². The van der Waals surface area contributed by atoms with E-state index in [1.165, 1.54) is 12.1 Å². The van der Waals surface area contributed by atoms with Gasteiger partial charge < -0.3 is 9.13 Å². The maximum Gasteiger partial charge on any atom is 0.416 e. The van der Waals surface area contributed by atoms with Crippen molar-refractivity contribution in [3.8, 4) is 67.1 Å². The molecule has 0 N–H and O–H groups in total. The van der Waals surface area contributed by atoms with Gasteiger partial charge in [0.15, 0.2) is 0 Å². The average molecular weight is 858 g/mol. The van der Waals surface area contributed by atoms with E-state index in [0.29, 0.717) is 22.6 Å². The molecule has 0 fully saturated rings. The third-order valence-electron chi connectivity index (χ3n) is 12.8. The number of nitrogens with zero attached hydrogens (tertiary/aromatic N) is 3. The zero-order chi connectivity index (χ0) is 44.4. The van der Waals surface area contributed by atoms with Crippen molar-refractivity contribution in [1.29, 1.82) is 0 Å². The van der Waals surface area contributed by atoms with Gasteiger partial charge in [-0.25, -0.2) is 0 Å². The van der Waals surface area contributed by atoms with Gasteiger partial charge in [0.2, 0.25) is 0 Å². The van der Waals surface area contributed by atoms with Crippen LogP contribution in [0.2, 0.25) is 0 Å². The second-order valence-electron chi connectivity index (χ2n) is 16.7. The molecule has 12 rings (SSSR count). The van der Waals surface area contributed by atoms with Crippen LogP contribution in [-0.4, -0.2) is 14.1 Å². The molecule has 3 heterocycles. The third kappa shape index (κ3) is 6.65. The first-order valence-corrected chi connectivity index (χ1v) is 21.9. The molecule has 0 spiro atoms. The van der Waals surface area contributed by atoms with E-state index < -0.39 is 11.7 Å². The summed E-state index contributed by atoms with van der Waals surface area (Å²) < 4.78 is 49.2. The highest BCUT2D eigenvalue weighted by atomic mass is 19.4. The van der Waals surface area contributed by atoms with E-state index in [4.69, 9.17) is 4.98 Å². The minimum atomic E-state index is -4.60. The van der Waals surface area contributed by atoms with E-state index in [2.05, 4.69) is 130 Å². The van der Waals surface area contributed by atoms with Crippen molar-refractivity contribution in [1.82, 2.24) is 14.1 Å². The Hall–Kier alpha value is -8.48. The van der Waals surface area contributed by atoms with Gasteiger partial charge in [-0.05, 0) is 123 Å². The summed E-state index contributed by atoms with van der Waals surface area (Å²) in [4.78, 5) is 5.01. The van der Waals surface area contributed by atoms with Crippen LogP contribution in [0.1, 0.15) is 5.56 Å². The molecule has 0 aliphatic heterocycles. The molecule has 314 valence electrons. The molecular formula is C60H38F3N3. The molecule has 12 aromatic rings. The Balaban J connectivity index is 1.13. The first kappa shape index (κ1) is 39.1. The van der Waals surface area contributed by atoms with E-state index >= 15 is 0 Å². The SMILES string of the molecule is FC(F)(F)c1ccc(-n2c3ccc(-c4ccccc4)cc3c3cc(-c4ccccc4)ccc32)c(-c2ncccc2-n2c3ccc(-c4ccccc4)cc3c3cc(-c4ccccc4)ccc32)c1. The van der Waals surface area contributed by atoms with Gasteiger partial charge in [-0.15, -0.1) is 0 Å². The van der Waals surface area contributed by atoms with Crippen molar-refractivity contribution in [3.63, 3.8) is 0 Å². The van der Waals surface area contributed by atoms with Gasteiger partial charge in [0, 0.05) is 33.3 Å². The summed E-state index contributed by atoms with van der Waals surface area (Å²) in [5.41, 5.74) is 13.4. The Morgan fingerprint density at radius 1 is 0.318 bits per heavy atom. The number of hydrogen-bond acceptors (Lipinski definition) is 1. The number of hydrogen-bond donors (Lipinski definition) is 0. The second-order valence-corrected chi connectivity index (χ2v) is 16.7. The Bertz CT molecular complexity index is 3580. The predicted molar refractivity (Wildman–Crippen MR) is 265 cm³/mol. The molecule has 9 aromatic carbocycles. The fraction of sp³-hybridized carbons (Fsp3) is 0.0167. The van der Waals surface area contributed by atoms with Gasteiger partial charge in [0.1, 0.15) is 0 Å². The summed E-state index contributed by atoms with van der Waals surface area (Å²) in [6, 6.07) is 74.5. The van der Waals surface area contributed by atoms with Crippen LogP contribution in [0.4, 0.5) is 13.2 Å². The molecule has 0 atom stereocenters. The molecule has 3 aromatic heterocycles. The van der Waals surface area contributed by atoms with Crippen LogP contribution >= 0.6 is 0 Å². The Labute approximate surface area is 378 Å². The third-order valence-corrected chi connectivity index (χ3v) is 12.8. The van der Waals surface area contributed by atoms with Crippen molar-refractivity contribution in [2.75, 3.05) is 0 Å². The van der Waals surface area contributed by atoms with Crippen LogP contribution in [-0.2, 0) is 6.18 Å². The molecule has 0 aliphatic carbocycles. The lowest BCUT2D eigenvalue weighted by Crippen LogP contribution is -2.08.